The number of hydrogen-bond donors (Lipinski definition) is 2. The minimum Gasteiger partial charge on any atom is -0.490 e. The fraction of sp³-hybridized carbons (Fsp3) is 0.364. The van der Waals surface area contributed by atoms with Crippen LogP contribution in [0.1, 0.15) is 18.1 Å². The molecule has 0 aromatic heterocycles. The number of rotatable bonds is 9. The van der Waals surface area contributed by atoms with Gasteiger partial charge in [0, 0.05) is 5.02 Å². The number of carbonyl (C=O) groups is 1. The summed E-state index contributed by atoms with van der Waals surface area (Å²) in [7, 11) is 0. The average Bonchev–Trinajstić information content (AvgIpc) is 2.74. The highest BCUT2D eigenvalue weighted by Gasteiger charge is 2.17. The van der Waals surface area contributed by atoms with Crippen LogP contribution in [-0.2, 0) is 16.1 Å². The number of nitrogens with one attached hydrogen (secondary N) is 2. The zero-order valence-corrected chi connectivity index (χ0v) is 17.8. The topological polar surface area (TPSA) is 73.6 Å². The molecule has 0 unspecified atom stereocenters. The van der Waals surface area contributed by atoms with E-state index in [0.29, 0.717) is 49.5 Å². The summed E-state index contributed by atoms with van der Waals surface area (Å²) in [4.78, 5) is 13.2. The normalized spacial score (nSPS) is 14.6. The molecule has 0 aliphatic carbocycles. The highest BCUT2D eigenvalue weighted by atomic mass is 35.5. The van der Waals surface area contributed by atoms with Gasteiger partial charge >= 0.3 is 0 Å². The molecule has 1 amide bonds. The Kier molecular flexibility index (Phi) is 8.50. The van der Waals surface area contributed by atoms with Crippen LogP contribution in [-0.4, -0.2) is 51.6 Å². The predicted octanol–water partition coefficient (Wildman–Crippen LogP) is 1.68. The van der Waals surface area contributed by atoms with E-state index in [0.717, 1.165) is 24.2 Å². The Morgan fingerprint density at radius 1 is 1.20 bits per heavy atom. The third-order valence-corrected chi connectivity index (χ3v) is 4.80. The second-order valence-corrected chi connectivity index (χ2v) is 7.33. The lowest BCUT2D eigenvalue weighted by molar-refractivity contribution is -0.900. The molecule has 1 aliphatic heterocycles. The minimum atomic E-state index is -0.116. The van der Waals surface area contributed by atoms with Crippen molar-refractivity contribution in [3.8, 4) is 11.5 Å². The Morgan fingerprint density at radius 2 is 2.03 bits per heavy atom. The number of carbonyl (C=O) groups excluding carboxylic acids is 1. The van der Waals surface area contributed by atoms with Crippen LogP contribution >= 0.6 is 11.6 Å². The first kappa shape index (κ1) is 22.1. The maximum atomic E-state index is 12.0. The molecule has 30 heavy (non-hydrogen) atoms. The van der Waals surface area contributed by atoms with Crippen molar-refractivity contribution in [3.05, 3.63) is 58.6 Å². The van der Waals surface area contributed by atoms with Crippen LogP contribution in [0.5, 0.6) is 11.5 Å². The van der Waals surface area contributed by atoms with E-state index in [1.807, 2.05) is 49.4 Å². The van der Waals surface area contributed by atoms with Crippen LogP contribution in [0.15, 0.2) is 47.6 Å². The number of ether oxygens (including phenoxy) is 3. The Balaban J connectivity index is 1.56. The van der Waals surface area contributed by atoms with Crippen LogP contribution in [0.4, 0.5) is 0 Å². The lowest BCUT2D eigenvalue weighted by atomic mass is 10.2. The average molecular weight is 433 g/mol. The van der Waals surface area contributed by atoms with Gasteiger partial charge in [-0.25, -0.2) is 5.43 Å². The molecule has 0 atom stereocenters. The van der Waals surface area contributed by atoms with Gasteiger partial charge < -0.3 is 19.1 Å². The van der Waals surface area contributed by atoms with Crippen molar-refractivity contribution < 1.29 is 23.9 Å². The van der Waals surface area contributed by atoms with Crippen LogP contribution in [0.25, 0.3) is 0 Å². The summed E-state index contributed by atoms with van der Waals surface area (Å²) in [6.45, 7) is 6.25. The van der Waals surface area contributed by atoms with Crippen LogP contribution in [0.2, 0.25) is 5.02 Å². The quantitative estimate of drug-likeness (QED) is 0.467. The lowest BCUT2D eigenvalue weighted by Crippen LogP contribution is -3.15. The van der Waals surface area contributed by atoms with Crippen molar-refractivity contribution in [1.29, 1.82) is 0 Å². The molecule has 2 aromatic rings. The van der Waals surface area contributed by atoms with Gasteiger partial charge in [0.25, 0.3) is 5.91 Å². The second-order valence-electron chi connectivity index (χ2n) is 6.89. The number of morpholine rings is 1. The van der Waals surface area contributed by atoms with Crippen LogP contribution in [0, 0.1) is 0 Å². The molecule has 0 spiro atoms. The molecule has 1 fully saturated rings. The second kappa shape index (κ2) is 11.5. The standard InChI is InChI=1S/C22H26ClN3O4/c1-2-29-21-13-17(14-24-25-22(27)15-26-8-10-28-11-9-26)6-7-20(21)30-16-18-4-3-5-19(23)12-18/h3-7,12-14H,2,8-11,15-16H2,1H3,(H,25,27)/p+1. The molecular weight excluding hydrogens is 406 g/mol. The number of hydrogen-bond acceptors (Lipinski definition) is 5. The zero-order chi connectivity index (χ0) is 21.2. The minimum absolute atomic E-state index is 0.116. The number of halogens is 1. The van der Waals surface area contributed by atoms with E-state index in [1.165, 1.54) is 4.90 Å². The van der Waals surface area contributed by atoms with Crippen molar-refractivity contribution in [2.24, 2.45) is 5.10 Å². The Morgan fingerprint density at radius 3 is 2.80 bits per heavy atom. The molecule has 2 aromatic carbocycles. The molecule has 0 radical (unpaired) electrons. The number of hydrazone groups is 1. The van der Waals surface area contributed by atoms with Gasteiger partial charge in [-0.2, -0.15) is 5.10 Å². The highest BCUT2D eigenvalue weighted by molar-refractivity contribution is 6.30. The first-order chi connectivity index (χ1) is 14.6. The summed E-state index contributed by atoms with van der Waals surface area (Å²) in [5.41, 5.74) is 4.35. The van der Waals surface area contributed by atoms with Crippen molar-refractivity contribution in [2.75, 3.05) is 39.5 Å². The lowest BCUT2D eigenvalue weighted by Gasteiger charge is -2.22. The van der Waals surface area contributed by atoms with E-state index in [4.69, 9.17) is 25.8 Å². The Hall–Kier alpha value is -2.61. The first-order valence-corrected chi connectivity index (χ1v) is 10.4. The smallest absolute Gasteiger partial charge is 0.295 e. The fourth-order valence-electron chi connectivity index (χ4n) is 3.06. The number of nitrogens with zero attached hydrogens (tertiary/aromatic N) is 1. The Labute approximate surface area is 181 Å². The molecule has 160 valence electrons. The fourth-order valence-corrected chi connectivity index (χ4v) is 3.28. The van der Waals surface area contributed by atoms with Gasteiger partial charge in [0.1, 0.15) is 19.7 Å². The molecule has 7 nitrogen and oxygen atoms in total. The third-order valence-electron chi connectivity index (χ3n) is 4.56. The maximum Gasteiger partial charge on any atom is 0.295 e. The molecule has 8 heteroatoms. The van der Waals surface area contributed by atoms with E-state index in [2.05, 4.69) is 10.5 Å². The van der Waals surface area contributed by atoms with Crippen molar-refractivity contribution in [1.82, 2.24) is 5.43 Å². The van der Waals surface area contributed by atoms with Crippen LogP contribution < -0.4 is 19.8 Å². The first-order valence-electron chi connectivity index (χ1n) is 10.0. The molecule has 0 bridgehead atoms. The van der Waals surface area contributed by atoms with Crippen LogP contribution in [0.3, 0.4) is 0 Å². The summed E-state index contributed by atoms with van der Waals surface area (Å²) in [6, 6.07) is 13.1. The molecule has 3 rings (SSSR count). The summed E-state index contributed by atoms with van der Waals surface area (Å²) in [6.07, 6.45) is 1.59. The van der Waals surface area contributed by atoms with Gasteiger partial charge in [-0.05, 0) is 48.4 Å². The van der Waals surface area contributed by atoms with Gasteiger partial charge in [0.15, 0.2) is 18.0 Å². The van der Waals surface area contributed by atoms with Crippen molar-refractivity contribution >= 4 is 23.7 Å². The molecule has 2 N–H and O–H groups in total. The SMILES string of the molecule is CCOc1cc(C=NNC(=O)C[NH+]2CCOCC2)ccc1OCc1cccc(Cl)c1. The number of benzene rings is 2. The molecule has 1 saturated heterocycles. The highest BCUT2D eigenvalue weighted by Crippen LogP contribution is 2.29. The van der Waals surface area contributed by atoms with Gasteiger partial charge in [-0.15, -0.1) is 0 Å². The summed E-state index contributed by atoms with van der Waals surface area (Å²) in [5, 5.41) is 4.73. The maximum absolute atomic E-state index is 12.0. The largest absolute Gasteiger partial charge is 0.490 e. The van der Waals surface area contributed by atoms with E-state index in [-0.39, 0.29) is 5.91 Å². The molecule has 0 saturated carbocycles. The van der Waals surface area contributed by atoms with Crippen molar-refractivity contribution in [2.45, 2.75) is 13.5 Å². The monoisotopic (exact) mass is 432 g/mol. The van der Waals surface area contributed by atoms with Gasteiger partial charge in [0.2, 0.25) is 0 Å². The Bertz CT molecular complexity index is 869. The summed E-state index contributed by atoms with van der Waals surface area (Å²) < 4.78 is 16.9. The van der Waals surface area contributed by atoms with E-state index in [9.17, 15) is 4.79 Å². The predicted molar refractivity (Wildman–Crippen MR) is 116 cm³/mol. The van der Waals surface area contributed by atoms with E-state index < -0.39 is 0 Å². The number of quaternary nitrogens is 1. The third kappa shape index (κ3) is 7.02. The molecule has 1 heterocycles. The van der Waals surface area contributed by atoms with E-state index in [1.54, 1.807) is 6.21 Å². The zero-order valence-electron chi connectivity index (χ0n) is 17.0. The summed E-state index contributed by atoms with van der Waals surface area (Å²) in [5.74, 6) is 1.14. The van der Waals surface area contributed by atoms with Gasteiger partial charge in [-0.3, -0.25) is 4.79 Å². The summed E-state index contributed by atoms with van der Waals surface area (Å²) >= 11 is 6.02. The molecule has 1 aliphatic rings. The molecular formula is C22H27ClN3O4+. The van der Waals surface area contributed by atoms with Gasteiger partial charge in [0.05, 0.1) is 26.0 Å². The van der Waals surface area contributed by atoms with Gasteiger partial charge in [-0.1, -0.05) is 23.7 Å². The van der Waals surface area contributed by atoms with Crippen molar-refractivity contribution in [3.63, 3.8) is 0 Å². The van der Waals surface area contributed by atoms with E-state index >= 15 is 0 Å². The number of amides is 1.